The number of aromatic nitrogens is 1. The zero-order valence-corrected chi connectivity index (χ0v) is 8.27. The summed E-state index contributed by atoms with van der Waals surface area (Å²) < 4.78 is 0. The van der Waals surface area contributed by atoms with Crippen LogP contribution >= 0.6 is 0 Å². The van der Waals surface area contributed by atoms with E-state index in [0.717, 1.165) is 12.2 Å². The molecule has 0 amide bonds. The van der Waals surface area contributed by atoms with Crippen LogP contribution in [0.5, 0.6) is 0 Å². The Hall–Kier alpha value is -1.53. The third-order valence-corrected chi connectivity index (χ3v) is 1.99. The third-order valence-electron chi connectivity index (χ3n) is 1.99. The van der Waals surface area contributed by atoms with Gasteiger partial charge in [-0.25, -0.2) is 0 Å². The molecule has 0 aliphatic carbocycles. The molecule has 3 nitrogen and oxygen atoms in total. The first-order chi connectivity index (χ1) is 6.81. The second-order valence-corrected chi connectivity index (χ2v) is 2.88. The number of anilines is 1. The molecule has 0 saturated carbocycles. The standard InChI is InChI=1S/C11H14N2O/c1-3-7-13(4-2)11-5-6-12-10(8-11)9-14/h1,5-6,8,14H,4,7,9H2,2H3. The van der Waals surface area contributed by atoms with Crippen molar-refractivity contribution in [2.45, 2.75) is 13.5 Å². The van der Waals surface area contributed by atoms with E-state index in [1.165, 1.54) is 0 Å². The molecule has 3 heteroatoms. The molecule has 1 rings (SSSR count). The van der Waals surface area contributed by atoms with Crippen molar-refractivity contribution in [1.29, 1.82) is 0 Å². The van der Waals surface area contributed by atoms with Gasteiger partial charge in [0.25, 0.3) is 0 Å². The minimum Gasteiger partial charge on any atom is -0.390 e. The minimum absolute atomic E-state index is 0.0402. The summed E-state index contributed by atoms with van der Waals surface area (Å²) in [5.41, 5.74) is 1.67. The van der Waals surface area contributed by atoms with Gasteiger partial charge in [0.1, 0.15) is 0 Å². The van der Waals surface area contributed by atoms with E-state index in [4.69, 9.17) is 11.5 Å². The molecule has 0 unspecified atom stereocenters. The summed E-state index contributed by atoms with van der Waals surface area (Å²) in [6.07, 6.45) is 6.94. The number of aliphatic hydroxyl groups is 1. The Bertz CT molecular complexity index is 330. The Balaban J connectivity index is 2.87. The highest BCUT2D eigenvalue weighted by Gasteiger charge is 2.03. The van der Waals surface area contributed by atoms with Gasteiger partial charge in [-0.3, -0.25) is 4.98 Å². The fourth-order valence-electron chi connectivity index (χ4n) is 1.24. The fourth-order valence-corrected chi connectivity index (χ4v) is 1.24. The van der Waals surface area contributed by atoms with Gasteiger partial charge >= 0.3 is 0 Å². The highest BCUT2D eigenvalue weighted by molar-refractivity contribution is 5.47. The normalized spacial score (nSPS) is 9.50. The van der Waals surface area contributed by atoms with Crippen molar-refractivity contribution in [3.63, 3.8) is 0 Å². The van der Waals surface area contributed by atoms with Crippen LogP contribution in [0.25, 0.3) is 0 Å². The van der Waals surface area contributed by atoms with Crippen LogP contribution in [0.3, 0.4) is 0 Å². The van der Waals surface area contributed by atoms with E-state index in [-0.39, 0.29) is 6.61 Å². The van der Waals surface area contributed by atoms with Crippen molar-refractivity contribution in [3.05, 3.63) is 24.0 Å². The second-order valence-electron chi connectivity index (χ2n) is 2.88. The number of rotatable bonds is 4. The first kappa shape index (κ1) is 10.6. The van der Waals surface area contributed by atoms with Gasteiger partial charge in [0.15, 0.2) is 0 Å². The first-order valence-corrected chi connectivity index (χ1v) is 4.56. The van der Waals surface area contributed by atoms with Crippen molar-refractivity contribution >= 4 is 5.69 Å². The van der Waals surface area contributed by atoms with E-state index in [0.29, 0.717) is 12.2 Å². The van der Waals surface area contributed by atoms with E-state index in [2.05, 4.69) is 10.9 Å². The van der Waals surface area contributed by atoms with E-state index in [1.807, 2.05) is 24.0 Å². The van der Waals surface area contributed by atoms with Crippen molar-refractivity contribution in [2.75, 3.05) is 18.0 Å². The summed E-state index contributed by atoms with van der Waals surface area (Å²) in [5, 5.41) is 8.93. The van der Waals surface area contributed by atoms with Crippen molar-refractivity contribution in [1.82, 2.24) is 4.98 Å². The SMILES string of the molecule is C#CCN(CC)c1ccnc(CO)c1. The van der Waals surface area contributed by atoms with E-state index < -0.39 is 0 Å². The van der Waals surface area contributed by atoms with Crippen LogP contribution in [0.1, 0.15) is 12.6 Å². The average Bonchev–Trinajstić information content (AvgIpc) is 2.26. The third kappa shape index (κ3) is 2.48. The lowest BCUT2D eigenvalue weighted by molar-refractivity contribution is 0.277. The summed E-state index contributed by atoms with van der Waals surface area (Å²) in [6, 6.07) is 3.74. The number of hydrogen-bond acceptors (Lipinski definition) is 3. The smallest absolute Gasteiger partial charge is 0.0853 e. The topological polar surface area (TPSA) is 36.4 Å². The minimum atomic E-state index is -0.0402. The molecule has 1 N–H and O–H groups in total. The van der Waals surface area contributed by atoms with Crippen LogP contribution < -0.4 is 4.90 Å². The Labute approximate surface area is 84.4 Å². The number of pyridine rings is 1. The number of terminal acetylenes is 1. The maximum atomic E-state index is 8.93. The quantitative estimate of drug-likeness (QED) is 0.720. The van der Waals surface area contributed by atoms with Gasteiger partial charge in [-0.1, -0.05) is 5.92 Å². The van der Waals surface area contributed by atoms with Crippen molar-refractivity contribution in [2.24, 2.45) is 0 Å². The highest BCUT2D eigenvalue weighted by Crippen LogP contribution is 2.13. The molecule has 0 atom stereocenters. The zero-order chi connectivity index (χ0) is 10.4. The van der Waals surface area contributed by atoms with Crippen LogP contribution in [0.2, 0.25) is 0 Å². The molecule has 0 bridgehead atoms. The highest BCUT2D eigenvalue weighted by atomic mass is 16.3. The van der Waals surface area contributed by atoms with Gasteiger partial charge in [-0.15, -0.1) is 6.42 Å². The molecule has 1 aromatic rings. The second kappa shape index (κ2) is 5.25. The summed E-state index contributed by atoms with van der Waals surface area (Å²) in [7, 11) is 0. The Morgan fingerprint density at radius 3 is 3.00 bits per heavy atom. The van der Waals surface area contributed by atoms with Gasteiger partial charge < -0.3 is 10.0 Å². The molecular weight excluding hydrogens is 176 g/mol. The molecule has 0 aliphatic rings. The molecular formula is C11H14N2O. The fraction of sp³-hybridized carbons (Fsp3) is 0.364. The lowest BCUT2D eigenvalue weighted by Crippen LogP contribution is -2.22. The largest absolute Gasteiger partial charge is 0.390 e. The van der Waals surface area contributed by atoms with E-state index in [9.17, 15) is 0 Å². The van der Waals surface area contributed by atoms with E-state index >= 15 is 0 Å². The number of aliphatic hydroxyl groups excluding tert-OH is 1. The molecule has 0 spiro atoms. The van der Waals surface area contributed by atoms with Gasteiger partial charge in [-0.05, 0) is 19.1 Å². The summed E-state index contributed by atoms with van der Waals surface area (Å²) >= 11 is 0. The number of nitrogens with zero attached hydrogens (tertiary/aromatic N) is 2. The predicted molar refractivity (Wildman–Crippen MR) is 56.9 cm³/mol. The Morgan fingerprint density at radius 2 is 2.43 bits per heavy atom. The van der Waals surface area contributed by atoms with Crippen LogP contribution in [-0.2, 0) is 6.61 Å². The van der Waals surface area contributed by atoms with Crippen LogP contribution in [0.4, 0.5) is 5.69 Å². The summed E-state index contributed by atoms with van der Waals surface area (Å²) in [6.45, 7) is 3.42. The lowest BCUT2D eigenvalue weighted by Gasteiger charge is -2.20. The monoisotopic (exact) mass is 190 g/mol. The van der Waals surface area contributed by atoms with Crippen LogP contribution in [0.15, 0.2) is 18.3 Å². The molecule has 0 radical (unpaired) electrons. The summed E-state index contributed by atoms with van der Waals surface area (Å²) in [4.78, 5) is 6.05. The maximum Gasteiger partial charge on any atom is 0.0853 e. The van der Waals surface area contributed by atoms with Crippen molar-refractivity contribution < 1.29 is 5.11 Å². The van der Waals surface area contributed by atoms with Crippen molar-refractivity contribution in [3.8, 4) is 12.3 Å². The van der Waals surface area contributed by atoms with Gasteiger partial charge in [-0.2, -0.15) is 0 Å². The zero-order valence-electron chi connectivity index (χ0n) is 8.27. The van der Waals surface area contributed by atoms with Crippen LogP contribution in [0, 0.1) is 12.3 Å². The molecule has 0 saturated heterocycles. The average molecular weight is 190 g/mol. The molecule has 1 heterocycles. The molecule has 0 fully saturated rings. The first-order valence-electron chi connectivity index (χ1n) is 4.56. The lowest BCUT2D eigenvalue weighted by atomic mass is 10.3. The molecule has 0 aliphatic heterocycles. The molecule has 14 heavy (non-hydrogen) atoms. The van der Waals surface area contributed by atoms with Gasteiger partial charge in [0, 0.05) is 18.4 Å². The maximum absolute atomic E-state index is 8.93. The Morgan fingerprint density at radius 1 is 1.64 bits per heavy atom. The molecule has 0 aromatic carbocycles. The Kier molecular flexibility index (Phi) is 3.96. The van der Waals surface area contributed by atoms with Crippen LogP contribution in [-0.4, -0.2) is 23.2 Å². The van der Waals surface area contributed by atoms with Gasteiger partial charge in [0.2, 0.25) is 0 Å². The van der Waals surface area contributed by atoms with E-state index in [1.54, 1.807) is 6.20 Å². The number of hydrogen-bond donors (Lipinski definition) is 1. The molecule has 74 valence electrons. The predicted octanol–water partition coefficient (Wildman–Crippen LogP) is 1.03. The van der Waals surface area contributed by atoms with Gasteiger partial charge in [0.05, 0.1) is 18.8 Å². The summed E-state index contributed by atoms with van der Waals surface area (Å²) in [5.74, 6) is 2.60. The molecule has 1 aromatic heterocycles.